The Morgan fingerprint density at radius 2 is 1.96 bits per heavy atom. The number of carbonyl (C=O) groups is 2. The third kappa shape index (κ3) is 5.30. The number of aliphatic imine (C=N–C) groups is 1. The SMILES string of the molecule is O=C([O-])COCC(=O)N=C1S[C@H]2CS(=O)(=O)C[C@@H]2N1CCc1ccccc1. The van der Waals surface area contributed by atoms with Crippen LogP contribution >= 0.6 is 11.8 Å². The molecule has 0 N–H and O–H groups in total. The van der Waals surface area contributed by atoms with Crippen LogP contribution in [0.15, 0.2) is 35.3 Å². The van der Waals surface area contributed by atoms with Gasteiger partial charge in [0.25, 0.3) is 5.91 Å². The van der Waals surface area contributed by atoms with Crippen molar-refractivity contribution >= 4 is 38.6 Å². The standard InChI is InChI=1S/C17H20N2O6S2/c20-15(8-25-9-16(21)22)18-17-19(7-6-12-4-2-1-3-5-12)13-10-27(23,24)11-14(13)26-17/h1-5,13-14H,6-11H2,(H,21,22)/p-1/t13-,14-/m0/s1. The zero-order valence-electron chi connectivity index (χ0n) is 14.4. The lowest BCUT2D eigenvalue weighted by Crippen LogP contribution is -2.39. The van der Waals surface area contributed by atoms with E-state index in [1.807, 2.05) is 35.2 Å². The number of thioether (sulfide) groups is 1. The number of amidine groups is 1. The van der Waals surface area contributed by atoms with E-state index in [0.29, 0.717) is 18.1 Å². The molecule has 1 aromatic carbocycles. The minimum Gasteiger partial charge on any atom is -0.548 e. The normalized spacial score (nSPS) is 24.9. The topological polar surface area (TPSA) is 116 Å². The molecule has 146 valence electrons. The first-order valence-electron chi connectivity index (χ1n) is 8.41. The molecule has 2 saturated heterocycles. The Labute approximate surface area is 161 Å². The van der Waals surface area contributed by atoms with Crippen LogP contribution in [0.2, 0.25) is 0 Å². The molecule has 10 heteroatoms. The van der Waals surface area contributed by atoms with Crippen molar-refractivity contribution in [2.75, 3.05) is 31.3 Å². The summed E-state index contributed by atoms with van der Waals surface area (Å²) >= 11 is 1.29. The number of carbonyl (C=O) groups excluding carboxylic acids is 2. The monoisotopic (exact) mass is 411 g/mol. The van der Waals surface area contributed by atoms with Crippen molar-refractivity contribution in [1.29, 1.82) is 0 Å². The van der Waals surface area contributed by atoms with Gasteiger partial charge in [0.05, 0.1) is 30.1 Å². The minimum atomic E-state index is -3.10. The molecule has 2 aliphatic heterocycles. The minimum absolute atomic E-state index is 0.0495. The van der Waals surface area contributed by atoms with Gasteiger partial charge in [-0.25, -0.2) is 8.42 Å². The first kappa shape index (κ1) is 19.8. The van der Waals surface area contributed by atoms with Crippen molar-refractivity contribution in [1.82, 2.24) is 4.90 Å². The number of sulfone groups is 1. The van der Waals surface area contributed by atoms with E-state index in [1.54, 1.807) is 0 Å². The van der Waals surface area contributed by atoms with Crippen LogP contribution in [0.1, 0.15) is 5.56 Å². The second-order valence-corrected chi connectivity index (χ2v) is 9.74. The first-order valence-corrected chi connectivity index (χ1v) is 11.1. The van der Waals surface area contributed by atoms with Crippen molar-refractivity contribution < 1.29 is 27.9 Å². The number of nitrogens with zero attached hydrogens (tertiary/aromatic N) is 2. The van der Waals surface area contributed by atoms with Gasteiger partial charge in [0.1, 0.15) is 6.61 Å². The molecule has 8 nitrogen and oxygen atoms in total. The number of aliphatic carboxylic acids is 1. The molecule has 2 fully saturated rings. The Hall–Kier alpha value is -1.91. The fourth-order valence-electron chi connectivity index (χ4n) is 3.15. The predicted octanol–water partition coefficient (Wildman–Crippen LogP) is -0.907. The summed E-state index contributed by atoms with van der Waals surface area (Å²) in [7, 11) is -3.10. The Bertz CT molecular complexity index is 840. The summed E-state index contributed by atoms with van der Waals surface area (Å²) in [5.74, 6) is -1.90. The maximum absolute atomic E-state index is 12.0. The highest BCUT2D eigenvalue weighted by Gasteiger charge is 2.48. The van der Waals surface area contributed by atoms with Crippen molar-refractivity contribution in [2.45, 2.75) is 17.7 Å². The molecular formula is C17H19N2O6S2-. The summed E-state index contributed by atoms with van der Waals surface area (Å²) in [4.78, 5) is 28.2. The van der Waals surface area contributed by atoms with E-state index in [4.69, 9.17) is 4.74 Å². The number of hydrogen-bond acceptors (Lipinski definition) is 7. The molecule has 0 unspecified atom stereocenters. The van der Waals surface area contributed by atoms with Gasteiger partial charge < -0.3 is 19.5 Å². The van der Waals surface area contributed by atoms with Gasteiger partial charge in [-0.3, -0.25) is 4.79 Å². The molecule has 0 bridgehead atoms. The van der Waals surface area contributed by atoms with Crippen molar-refractivity contribution in [3.8, 4) is 0 Å². The second kappa shape index (κ2) is 8.41. The molecule has 27 heavy (non-hydrogen) atoms. The number of ether oxygens (including phenoxy) is 1. The van der Waals surface area contributed by atoms with Crippen LogP contribution in [0.25, 0.3) is 0 Å². The van der Waals surface area contributed by atoms with E-state index in [1.165, 1.54) is 11.8 Å². The van der Waals surface area contributed by atoms with Crippen LogP contribution in [-0.2, 0) is 30.6 Å². The zero-order chi connectivity index (χ0) is 19.4. The summed E-state index contributed by atoms with van der Waals surface area (Å²) in [5, 5.41) is 10.7. The van der Waals surface area contributed by atoms with Gasteiger partial charge in [-0.15, -0.1) is 0 Å². The lowest BCUT2D eigenvalue weighted by atomic mass is 10.1. The molecule has 0 spiro atoms. The van der Waals surface area contributed by atoms with Crippen LogP contribution < -0.4 is 5.11 Å². The molecule has 0 aromatic heterocycles. The largest absolute Gasteiger partial charge is 0.548 e. The number of carboxylic acid groups (broad SMARTS) is 1. The van der Waals surface area contributed by atoms with E-state index < -0.39 is 34.9 Å². The lowest BCUT2D eigenvalue weighted by Gasteiger charge is -2.24. The second-order valence-electron chi connectivity index (χ2n) is 6.38. The van der Waals surface area contributed by atoms with Crippen molar-refractivity contribution in [3.63, 3.8) is 0 Å². The number of fused-ring (bicyclic) bond motifs is 1. The summed E-state index contributed by atoms with van der Waals surface area (Å²) in [6, 6.07) is 9.56. The van der Waals surface area contributed by atoms with E-state index in [2.05, 4.69) is 4.99 Å². The Morgan fingerprint density at radius 3 is 2.67 bits per heavy atom. The highest BCUT2D eigenvalue weighted by molar-refractivity contribution is 8.15. The Balaban J connectivity index is 1.70. The van der Waals surface area contributed by atoms with Crippen LogP contribution in [0.3, 0.4) is 0 Å². The van der Waals surface area contributed by atoms with Gasteiger partial charge in [-0.1, -0.05) is 42.1 Å². The van der Waals surface area contributed by atoms with Crippen LogP contribution in [0, 0.1) is 0 Å². The van der Waals surface area contributed by atoms with Crippen LogP contribution in [0.4, 0.5) is 0 Å². The van der Waals surface area contributed by atoms with Crippen LogP contribution in [0.5, 0.6) is 0 Å². The molecule has 0 saturated carbocycles. The third-order valence-corrected chi connectivity index (χ3v) is 7.57. The summed E-state index contributed by atoms with van der Waals surface area (Å²) < 4.78 is 28.7. The maximum Gasteiger partial charge on any atom is 0.274 e. The number of hydrogen-bond donors (Lipinski definition) is 0. The average molecular weight is 411 g/mol. The van der Waals surface area contributed by atoms with E-state index >= 15 is 0 Å². The maximum atomic E-state index is 12.0. The van der Waals surface area contributed by atoms with Gasteiger partial charge in [0.2, 0.25) is 0 Å². The lowest BCUT2D eigenvalue weighted by molar-refractivity contribution is -0.309. The van der Waals surface area contributed by atoms with Crippen molar-refractivity contribution in [3.05, 3.63) is 35.9 Å². The fourth-order valence-corrected chi connectivity index (χ4v) is 7.15. The van der Waals surface area contributed by atoms with E-state index in [0.717, 1.165) is 5.56 Å². The molecule has 2 heterocycles. The summed E-state index contributed by atoms with van der Waals surface area (Å²) in [5.41, 5.74) is 1.11. The van der Waals surface area contributed by atoms with Gasteiger partial charge >= 0.3 is 0 Å². The predicted molar refractivity (Wildman–Crippen MR) is 98.9 cm³/mol. The smallest absolute Gasteiger partial charge is 0.274 e. The third-order valence-electron chi connectivity index (χ3n) is 4.32. The van der Waals surface area contributed by atoms with Gasteiger partial charge in [0.15, 0.2) is 15.0 Å². The molecule has 2 atom stereocenters. The summed E-state index contributed by atoms with van der Waals surface area (Å²) in [6.45, 7) is -0.594. The fraction of sp³-hybridized carbons (Fsp3) is 0.471. The number of amides is 1. The Kier molecular flexibility index (Phi) is 6.18. The average Bonchev–Trinajstić information content (AvgIpc) is 3.04. The van der Waals surface area contributed by atoms with E-state index in [-0.39, 0.29) is 22.8 Å². The van der Waals surface area contributed by atoms with Crippen LogP contribution in [-0.4, -0.2) is 72.9 Å². The highest BCUT2D eigenvalue weighted by Crippen LogP contribution is 2.38. The molecule has 0 aliphatic carbocycles. The Morgan fingerprint density at radius 1 is 1.22 bits per heavy atom. The molecule has 0 radical (unpaired) electrons. The number of rotatable bonds is 7. The number of benzene rings is 1. The summed E-state index contributed by atoms with van der Waals surface area (Å²) in [6.07, 6.45) is 0.694. The van der Waals surface area contributed by atoms with Crippen molar-refractivity contribution in [2.24, 2.45) is 4.99 Å². The molecular weight excluding hydrogens is 392 g/mol. The van der Waals surface area contributed by atoms with E-state index in [9.17, 15) is 23.1 Å². The quantitative estimate of drug-likeness (QED) is 0.566. The zero-order valence-corrected chi connectivity index (χ0v) is 16.1. The highest BCUT2D eigenvalue weighted by atomic mass is 32.2. The molecule has 2 aliphatic rings. The van der Waals surface area contributed by atoms with Gasteiger partial charge in [-0.05, 0) is 12.0 Å². The molecule has 1 amide bonds. The van der Waals surface area contributed by atoms with Gasteiger partial charge in [0, 0.05) is 11.8 Å². The molecule has 3 rings (SSSR count). The van der Waals surface area contributed by atoms with Gasteiger partial charge in [-0.2, -0.15) is 4.99 Å². The first-order chi connectivity index (χ1) is 12.8. The molecule has 1 aromatic rings. The number of carboxylic acids is 1.